The predicted molar refractivity (Wildman–Crippen MR) is 77.7 cm³/mol. The molecule has 0 radical (unpaired) electrons. The molecule has 1 aliphatic heterocycles. The van der Waals surface area contributed by atoms with Crippen molar-refractivity contribution in [1.29, 1.82) is 0 Å². The first-order valence-electron chi connectivity index (χ1n) is 8.09. The predicted octanol–water partition coefficient (Wildman–Crippen LogP) is 1.78. The van der Waals surface area contributed by atoms with Gasteiger partial charge in [0.2, 0.25) is 0 Å². The van der Waals surface area contributed by atoms with Crippen LogP contribution in [0.25, 0.3) is 0 Å². The van der Waals surface area contributed by atoms with Gasteiger partial charge in [0.25, 0.3) is 0 Å². The molecular formula is C15H27F3N2O2. The highest BCUT2D eigenvalue weighted by molar-refractivity contribution is 4.86. The number of alkyl halides is 3. The third kappa shape index (κ3) is 5.68. The van der Waals surface area contributed by atoms with Crippen LogP contribution in [0.15, 0.2) is 0 Å². The fourth-order valence-corrected chi connectivity index (χ4v) is 3.33. The average Bonchev–Trinajstić information content (AvgIpc) is 2.45. The van der Waals surface area contributed by atoms with Crippen molar-refractivity contribution in [2.45, 2.75) is 50.4 Å². The summed E-state index contributed by atoms with van der Waals surface area (Å²) < 4.78 is 43.7. The molecule has 130 valence electrons. The summed E-state index contributed by atoms with van der Waals surface area (Å²) >= 11 is 0. The van der Waals surface area contributed by atoms with E-state index in [1.165, 1.54) is 0 Å². The molecule has 1 saturated heterocycles. The van der Waals surface area contributed by atoms with Crippen LogP contribution < -0.4 is 5.32 Å². The van der Waals surface area contributed by atoms with Crippen molar-refractivity contribution in [3.8, 4) is 0 Å². The first-order chi connectivity index (χ1) is 10.3. The molecule has 0 aromatic rings. The summed E-state index contributed by atoms with van der Waals surface area (Å²) in [6.07, 6.45) is -2.41. The zero-order valence-electron chi connectivity index (χ0n) is 13.2. The number of ether oxygens (including phenoxy) is 1. The molecule has 0 spiro atoms. The number of rotatable bonds is 5. The van der Waals surface area contributed by atoms with E-state index in [-0.39, 0.29) is 18.9 Å². The van der Waals surface area contributed by atoms with Crippen LogP contribution in [0.4, 0.5) is 13.2 Å². The van der Waals surface area contributed by atoms with Crippen molar-refractivity contribution < 1.29 is 23.0 Å². The fraction of sp³-hybridized carbons (Fsp3) is 1.00. The molecule has 2 fully saturated rings. The van der Waals surface area contributed by atoms with Gasteiger partial charge in [-0.05, 0) is 26.2 Å². The minimum atomic E-state index is -4.10. The van der Waals surface area contributed by atoms with E-state index < -0.39 is 17.7 Å². The molecule has 3 atom stereocenters. The molecule has 2 aliphatic rings. The third-order valence-corrected chi connectivity index (χ3v) is 4.58. The van der Waals surface area contributed by atoms with Crippen molar-refractivity contribution >= 4 is 0 Å². The van der Waals surface area contributed by atoms with Crippen LogP contribution in [-0.2, 0) is 4.74 Å². The maximum Gasteiger partial charge on any atom is 0.391 e. The molecule has 7 heteroatoms. The number of β-amino-alcohol motifs (C(OH)–C–C–N with tert-alkyl or cyclic N) is 1. The highest BCUT2D eigenvalue weighted by Gasteiger charge is 2.42. The number of hydrogen-bond acceptors (Lipinski definition) is 4. The zero-order chi connectivity index (χ0) is 16.2. The quantitative estimate of drug-likeness (QED) is 0.809. The molecule has 0 unspecified atom stereocenters. The molecule has 2 rings (SSSR count). The minimum Gasteiger partial charge on any atom is -0.388 e. The van der Waals surface area contributed by atoms with E-state index >= 15 is 0 Å². The summed E-state index contributed by atoms with van der Waals surface area (Å²) in [4.78, 5) is 2.13. The average molecular weight is 324 g/mol. The summed E-state index contributed by atoms with van der Waals surface area (Å²) in [7, 11) is 0. The molecule has 0 aromatic heterocycles. The van der Waals surface area contributed by atoms with Gasteiger partial charge in [-0.25, -0.2) is 0 Å². The molecule has 0 amide bonds. The molecule has 0 bridgehead atoms. The Morgan fingerprint density at radius 1 is 1.23 bits per heavy atom. The second kappa shape index (κ2) is 7.47. The first kappa shape index (κ1) is 18.0. The summed E-state index contributed by atoms with van der Waals surface area (Å²) in [5.74, 6) is -1.21. The van der Waals surface area contributed by atoms with Gasteiger partial charge in [0, 0.05) is 32.2 Å². The minimum absolute atomic E-state index is 0.122. The van der Waals surface area contributed by atoms with Gasteiger partial charge in [0.05, 0.1) is 24.7 Å². The van der Waals surface area contributed by atoms with Gasteiger partial charge >= 0.3 is 6.18 Å². The van der Waals surface area contributed by atoms with Gasteiger partial charge in [-0.1, -0.05) is 6.42 Å². The highest BCUT2D eigenvalue weighted by Crippen LogP contribution is 2.37. The summed E-state index contributed by atoms with van der Waals surface area (Å²) in [6, 6.07) is -0.156. The van der Waals surface area contributed by atoms with Crippen LogP contribution in [0.1, 0.15) is 32.6 Å². The number of morpholine rings is 1. The Labute approximate surface area is 130 Å². The maximum atomic E-state index is 12.8. The van der Waals surface area contributed by atoms with Crippen molar-refractivity contribution in [3.63, 3.8) is 0 Å². The van der Waals surface area contributed by atoms with Gasteiger partial charge in [-0.2, -0.15) is 13.2 Å². The maximum absolute atomic E-state index is 12.8. The normalized spacial score (nSPS) is 31.0. The Hall–Kier alpha value is -0.370. The lowest BCUT2D eigenvalue weighted by Crippen LogP contribution is -2.52. The van der Waals surface area contributed by atoms with Crippen LogP contribution >= 0.6 is 0 Å². The Kier molecular flexibility index (Phi) is 6.10. The number of hydrogen-bond donors (Lipinski definition) is 2. The monoisotopic (exact) mass is 324 g/mol. The van der Waals surface area contributed by atoms with Gasteiger partial charge in [0.15, 0.2) is 0 Å². The van der Waals surface area contributed by atoms with Gasteiger partial charge in [0.1, 0.15) is 0 Å². The second-order valence-corrected chi connectivity index (χ2v) is 6.87. The van der Waals surface area contributed by atoms with Crippen LogP contribution in [0, 0.1) is 5.92 Å². The standard InChI is InChI=1S/C15H27F3N2O2/c1-14(21,11-20-5-7-22-8-6-20)10-19-13-4-2-3-12(9-13)15(16,17)18/h12-13,19,21H,2-11H2,1H3/t12-,13-,14+/m1/s1. The smallest absolute Gasteiger partial charge is 0.388 e. The third-order valence-electron chi connectivity index (χ3n) is 4.58. The van der Waals surface area contributed by atoms with Crippen LogP contribution in [-0.4, -0.2) is 67.2 Å². The second-order valence-electron chi connectivity index (χ2n) is 6.87. The Morgan fingerprint density at radius 3 is 2.55 bits per heavy atom. The largest absolute Gasteiger partial charge is 0.391 e. The Bertz CT molecular complexity index is 344. The summed E-state index contributed by atoms with van der Waals surface area (Å²) in [6.45, 7) is 5.47. The van der Waals surface area contributed by atoms with Crippen molar-refractivity contribution in [2.24, 2.45) is 5.92 Å². The lowest BCUT2D eigenvalue weighted by atomic mass is 9.85. The number of halogens is 3. The molecule has 2 N–H and O–H groups in total. The van der Waals surface area contributed by atoms with Crippen LogP contribution in [0.3, 0.4) is 0 Å². The summed E-state index contributed by atoms with van der Waals surface area (Å²) in [5, 5.41) is 13.6. The van der Waals surface area contributed by atoms with Crippen molar-refractivity contribution in [1.82, 2.24) is 10.2 Å². The van der Waals surface area contributed by atoms with E-state index in [4.69, 9.17) is 4.74 Å². The topological polar surface area (TPSA) is 44.7 Å². The Morgan fingerprint density at radius 2 is 1.91 bits per heavy atom. The van der Waals surface area contributed by atoms with Crippen molar-refractivity contribution in [3.05, 3.63) is 0 Å². The molecule has 1 heterocycles. The van der Waals surface area contributed by atoms with E-state index in [1.807, 2.05) is 0 Å². The summed E-state index contributed by atoms with van der Waals surface area (Å²) in [5.41, 5.74) is -0.942. The zero-order valence-corrected chi connectivity index (χ0v) is 13.2. The van der Waals surface area contributed by atoms with Crippen LogP contribution in [0.2, 0.25) is 0 Å². The van der Waals surface area contributed by atoms with Gasteiger partial charge in [-0.3, -0.25) is 4.90 Å². The van der Waals surface area contributed by atoms with E-state index in [9.17, 15) is 18.3 Å². The number of aliphatic hydroxyl groups is 1. The van der Waals surface area contributed by atoms with E-state index in [0.29, 0.717) is 32.7 Å². The molecular weight excluding hydrogens is 297 g/mol. The van der Waals surface area contributed by atoms with E-state index in [0.717, 1.165) is 19.5 Å². The van der Waals surface area contributed by atoms with E-state index in [2.05, 4.69) is 10.2 Å². The van der Waals surface area contributed by atoms with Crippen LogP contribution in [0.5, 0.6) is 0 Å². The molecule has 0 aromatic carbocycles. The van der Waals surface area contributed by atoms with Crippen molar-refractivity contribution in [2.75, 3.05) is 39.4 Å². The first-order valence-corrected chi connectivity index (χ1v) is 8.09. The van der Waals surface area contributed by atoms with Gasteiger partial charge in [-0.15, -0.1) is 0 Å². The molecule has 1 aliphatic carbocycles. The lowest BCUT2D eigenvalue weighted by molar-refractivity contribution is -0.183. The Balaban J connectivity index is 1.75. The SMILES string of the molecule is C[C@](O)(CN[C@@H]1CCC[C@@H](C(F)(F)F)C1)CN1CCOCC1. The van der Waals surface area contributed by atoms with Gasteiger partial charge < -0.3 is 15.2 Å². The lowest BCUT2D eigenvalue weighted by Gasteiger charge is -2.36. The highest BCUT2D eigenvalue weighted by atomic mass is 19.4. The molecule has 1 saturated carbocycles. The fourth-order valence-electron chi connectivity index (χ4n) is 3.33. The molecule has 22 heavy (non-hydrogen) atoms. The molecule has 4 nitrogen and oxygen atoms in total. The number of nitrogens with zero attached hydrogens (tertiary/aromatic N) is 1. The van der Waals surface area contributed by atoms with E-state index in [1.54, 1.807) is 6.92 Å². The number of nitrogens with one attached hydrogen (secondary N) is 1.